The van der Waals surface area contributed by atoms with E-state index in [4.69, 9.17) is 4.74 Å². The second kappa shape index (κ2) is 8.24. The van der Waals surface area contributed by atoms with Gasteiger partial charge in [-0.15, -0.1) is 0 Å². The van der Waals surface area contributed by atoms with Gasteiger partial charge in [0, 0.05) is 23.7 Å². The minimum Gasteiger partial charge on any atom is -0.368 e. The second-order valence-electron chi connectivity index (χ2n) is 7.45. The lowest BCUT2D eigenvalue weighted by Crippen LogP contribution is -2.42. The van der Waals surface area contributed by atoms with Crippen LogP contribution in [0.3, 0.4) is 0 Å². The molecular formula is C25H20FN3O2. The molecule has 1 atom stereocenters. The molecule has 0 radical (unpaired) electrons. The molecule has 0 N–H and O–H groups in total. The summed E-state index contributed by atoms with van der Waals surface area (Å²) in [5.41, 5.74) is 2.52. The molecule has 0 spiro atoms. The minimum absolute atomic E-state index is 0.119. The highest BCUT2D eigenvalue weighted by Crippen LogP contribution is 2.26. The van der Waals surface area contributed by atoms with Gasteiger partial charge in [0.1, 0.15) is 17.6 Å². The van der Waals surface area contributed by atoms with Gasteiger partial charge in [0.15, 0.2) is 0 Å². The van der Waals surface area contributed by atoms with E-state index in [-0.39, 0.29) is 17.8 Å². The summed E-state index contributed by atoms with van der Waals surface area (Å²) in [7, 11) is 0. The van der Waals surface area contributed by atoms with E-state index in [1.165, 1.54) is 12.1 Å². The minimum atomic E-state index is -0.360. The number of ether oxygens (including phenoxy) is 1. The van der Waals surface area contributed by atoms with Crippen LogP contribution in [0.2, 0.25) is 0 Å². The molecule has 6 heteroatoms. The molecular weight excluding hydrogens is 393 g/mol. The highest BCUT2D eigenvalue weighted by molar-refractivity contribution is 6.05. The maximum atomic E-state index is 13.6. The standard InChI is InChI=1S/C25H20FN3O2/c26-19-7-3-6-18(15-19)21-9-4-10-22(28-21)23-16-29(13-14-31-23)25(30)24-20-8-2-1-5-17(20)11-12-27-24/h1-12,15,23H,13-14,16H2/t23-/m1/s1. The van der Waals surface area contributed by atoms with E-state index in [0.29, 0.717) is 42.3 Å². The van der Waals surface area contributed by atoms with E-state index < -0.39 is 0 Å². The largest absolute Gasteiger partial charge is 0.368 e. The Morgan fingerprint density at radius 2 is 1.90 bits per heavy atom. The molecule has 0 bridgehead atoms. The second-order valence-corrected chi connectivity index (χ2v) is 7.45. The predicted molar refractivity (Wildman–Crippen MR) is 116 cm³/mol. The predicted octanol–water partition coefficient (Wildman–Crippen LogP) is 4.65. The summed E-state index contributed by atoms with van der Waals surface area (Å²) in [6.07, 6.45) is 1.30. The quantitative estimate of drug-likeness (QED) is 0.491. The number of amides is 1. The topological polar surface area (TPSA) is 55.3 Å². The first-order valence-electron chi connectivity index (χ1n) is 10.2. The first-order chi connectivity index (χ1) is 15.2. The van der Waals surface area contributed by atoms with Crippen LogP contribution in [0, 0.1) is 5.82 Å². The van der Waals surface area contributed by atoms with Gasteiger partial charge in [0.05, 0.1) is 24.5 Å². The molecule has 31 heavy (non-hydrogen) atoms. The number of carbonyl (C=O) groups excluding carboxylic acids is 1. The van der Waals surface area contributed by atoms with Gasteiger partial charge in [-0.2, -0.15) is 0 Å². The fourth-order valence-electron chi connectivity index (χ4n) is 3.89. The van der Waals surface area contributed by atoms with Gasteiger partial charge < -0.3 is 9.64 Å². The van der Waals surface area contributed by atoms with E-state index in [9.17, 15) is 9.18 Å². The number of hydrogen-bond donors (Lipinski definition) is 0. The Kier molecular flexibility index (Phi) is 5.14. The van der Waals surface area contributed by atoms with E-state index in [2.05, 4.69) is 9.97 Å². The maximum Gasteiger partial charge on any atom is 0.273 e. The normalized spacial score (nSPS) is 16.4. The molecule has 2 aromatic carbocycles. The van der Waals surface area contributed by atoms with Crippen LogP contribution in [-0.4, -0.2) is 40.5 Å². The fourth-order valence-corrected chi connectivity index (χ4v) is 3.89. The molecule has 2 aromatic heterocycles. The first kappa shape index (κ1) is 19.3. The molecule has 4 aromatic rings. The number of carbonyl (C=O) groups is 1. The van der Waals surface area contributed by atoms with Gasteiger partial charge in [-0.1, -0.05) is 42.5 Å². The maximum absolute atomic E-state index is 13.6. The summed E-state index contributed by atoms with van der Waals surface area (Å²) in [6, 6.07) is 21.6. The zero-order chi connectivity index (χ0) is 21.2. The number of aromatic nitrogens is 2. The Morgan fingerprint density at radius 3 is 2.81 bits per heavy atom. The molecule has 5 rings (SSSR count). The molecule has 1 saturated heterocycles. The van der Waals surface area contributed by atoms with Gasteiger partial charge >= 0.3 is 0 Å². The highest BCUT2D eigenvalue weighted by atomic mass is 19.1. The molecule has 0 unspecified atom stereocenters. The number of hydrogen-bond acceptors (Lipinski definition) is 4. The summed E-state index contributed by atoms with van der Waals surface area (Å²) in [5, 5.41) is 1.82. The molecule has 3 heterocycles. The smallest absolute Gasteiger partial charge is 0.273 e. The van der Waals surface area contributed by atoms with Crippen molar-refractivity contribution >= 4 is 16.7 Å². The SMILES string of the molecule is O=C(c1nccc2ccccc12)N1CCO[C@@H](c2cccc(-c3cccc(F)c3)n2)C1. The van der Waals surface area contributed by atoms with Crippen molar-refractivity contribution in [2.24, 2.45) is 0 Å². The number of fused-ring (bicyclic) bond motifs is 1. The van der Waals surface area contributed by atoms with Crippen LogP contribution in [-0.2, 0) is 4.74 Å². The van der Waals surface area contributed by atoms with Gasteiger partial charge in [-0.05, 0) is 35.7 Å². The summed E-state index contributed by atoms with van der Waals surface area (Å²) in [5.74, 6) is -0.427. The summed E-state index contributed by atoms with van der Waals surface area (Å²) in [6.45, 7) is 1.28. The van der Waals surface area contributed by atoms with Gasteiger partial charge in [-0.3, -0.25) is 9.78 Å². The summed E-state index contributed by atoms with van der Waals surface area (Å²) < 4.78 is 19.5. The van der Waals surface area contributed by atoms with Crippen molar-refractivity contribution < 1.29 is 13.9 Å². The molecule has 5 nitrogen and oxygen atoms in total. The third-order valence-corrected chi connectivity index (χ3v) is 5.45. The third-order valence-electron chi connectivity index (χ3n) is 5.45. The summed E-state index contributed by atoms with van der Waals surface area (Å²) >= 11 is 0. The number of benzene rings is 2. The molecule has 1 amide bonds. The average molecular weight is 413 g/mol. The highest BCUT2D eigenvalue weighted by Gasteiger charge is 2.28. The van der Waals surface area contributed by atoms with Crippen LogP contribution in [0.1, 0.15) is 22.3 Å². The van der Waals surface area contributed by atoms with Crippen molar-refractivity contribution in [3.63, 3.8) is 0 Å². The molecule has 0 aliphatic carbocycles. The number of pyridine rings is 2. The van der Waals surface area contributed by atoms with Crippen molar-refractivity contribution in [2.45, 2.75) is 6.10 Å². The lowest BCUT2D eigenvalue weighted by atomic mass is 10.1. The number of rotatable bonds is 3. The fraction of sp³-hybridized carbons (Fsp3) is 0.160. The molecule has 154 valence electrons. The van der Waals surface area contributed by atoms with Gasteiger partial charge in [-0.25, -0.2) is 9.37 Å². The molecule has 1 aliphatic heterocycles. The monoisotopic (exact) mass is 413 g/mol. The zero-order valence-electron chi connectivity index (χ0n) is 16.7. The Labute approximate surface area is 179 Å². The van der Waals surface area contributed by atoms with Crippen LogP contribution >= 0.6 is 0 Å². The summed E-state index contributed by atoms with van der Waals surface area (Å²) in [4.78, 5) is 24.1. The molecule has 0 saturated carbocycles. The van der Waals surface area contributed by atoms with Crippen molar-refractivity contribution in [1.82, 2.24) is 14.9 Å². The average Bonchev–Trinajstić information content (AvgIpc) is 2.83. The van der Waals surface area contributed by atoms with E-state index in [1.54, 1.807) is 17.2 Å². The van der Waals surface area contributed by atoms with Crippen LogP contribution in [0.15, 0.2) is 79.0 Å². The van der Waals surface area contributed by atoms with Crippen molar-refractivity contribution in [3.05, 3.63) is 96.2 Å². The lowest BCUT2D eigenvalue weighted by Gasteiger charge is -2.32. The lowest BCUT2D eigenvalue weighted by molar-refractivity contribution is -0.0248. The van der Waals surface area contributed by atoms with E-state index in [1.807, 2.05) is 54.6 Å². The van der Waals surface area contributed by atoms with E-state index in [0.717, 1.165) is 10.8 Å². The van der Waals surface area contributed by atoms with Crippen LogP contribution in [0.4, 0.5) is 4.39 Å². The number of morpholine rings is 1. The molecule has 1 fully saturated rings. The molecule has 1 aliphatic rings. The van der Waals surface area contributed by atoms with Crippen molar-refractivity contribution in [2.75, 3.05) is 19.7 Å². The first-order valence-corrected chi connectivity index (χ1v) is 10.2. The Hall–Kier alpha value is -3.64. The number of halogens is 1. The Morgan fingerprint density at radius 1 is 1.03 bits per heavy atom. The Balaban J connectivity index is 1.41. The van der Waals surface area contributed by atoms with Gasteiger partial charge in [0.2, 0.25) is 0 Å². The van der Waals surface area contributed by atoms with Crippen molar-refractivity contribution in [3.8, 4) is 11.3 Å². The zero-order valence-corrected chi connectivity index (χ0v) is 16.7. The van der Waals surface area contributed by atoms with Crippen LogP contribution in [0.25, 0.3) is 22.0 Å². The third kappa shape index (κ3) is 3.90. The van der Waals surface area contributed by atoms with Gasteiger partial charge in [0.25, 0.3) is 5.91 Å². The van der Waals surface area contributed by atoms with E-state index >= 15 is 0 Å². The van der Waals surface area contributed by atoms with Crippen molar-refractivity contribution in [1.29, 1.82) is 0 Å². The Bertz CT molecular complexity index is 1250. The van der Waals surface area contributed by atoms with Crippen LogP contribution in [0.5, 0.6) is 0 Å². The van der Waals surface area contributed by atoms with Crippen LogP contribution < -0.4 is 0 Å². The number of nitrogens with zero attached hydrogens (tertiary/aromatic N) is 3.